The van der Waals surface area contributed by atoms with Crippen LogP contribution in [0.4, 0.5) is 11.4 Å². The first-order chi connectivity index (χ1) is 14.4. The highest BCUT2D eigenvalue weighted by atomic mass is 16.5. The average Bonchev–Trinajstić information content (AvgIpc) is 3.19. The van der Waals surface area contributed by atoms with Crippen LogP contribution in [0.25, 0.3) is 0 Å². The van der Waals surface area contributed by atoms with E-state index in [4.69, 9.17) is 4.74 Å². The van der Waals surface area contributed by atoms with Gasteiger partial charge in [-0.3, -0.25) is 14.9 Å². The summed E-state index contributed by atoms with van der Waals surface area (Å²) >= 11 is 0. The molecule has 158 valence electrons. The van der Waals surface area contributed by atoms with E-state index in [1.807, 2.05) is 26.0 Å². The number of ether oxygens (including phenoxy) is 1. The molecule has 30 heavy (non-hydrogen) atoms. The zero-order valence-electron chi connectivity index (χ0n) is 17.6. The summed E-state index contributed by atoms with van der Waals surface area (Å²) in [6.45, 7) is 6.73. The van der Waals surface area contributed by atoms with Crippen molar-refractivity contribution in [2.75, 3.05) is 23.8 Å². The van der Waals surface area contributed by atoms with Gasteiger partial charge in [-0.05, 0) is 74.2 Å². The number of carbonyl (C=O) groups is 2. The number of nitrogens with zero attached hydrogens (tertiary/aromatic N) is 1. The van der Waals surface area contributed by atoms with Crippen LogP contribution in [0.3, 0.4) is 0 Å². The fourth-order valence-corrected chi connectivity index (χ4v) is 3.36. The van der Waals surface area contributed by atoms with E-state index in [2.05, 4.69) is 27.0 Å². The number of amides is 2. The maximum absolute atomic E-state index is 12.8. The summed E-state index contributed by atoms with van der Waals surface area (Å²) in [6.07, 6.45) is 2.08. The van der Waals surface area contributed by atoms with Gasteiger partial charge in [-0.2, -0.15) is 0 Å². The first-order valence-electron chi connectivity index (χ1n) is 10.1. The predicted octanol–water partition coefficient (Wildman–Crippen LogP) is 3.64. The second-order valence-electron chi connectivity index (χ2n) is 7.54. The number of hydrogen-bond acceptors (Lipinski definition) is 4. The number of benzene rings is 2. The Morgan fingerprint density at radius 3 is 2.33 bits per heavy atom. The molecule has 0 aromatic heterocycles. The topological polar surface area (TPSA) is 91.8 Å². The second-order valence-corrected chi connectivity index (χ2v) is 7.54. The quantitative estimate of drug-likeness (QED) is 0.520. The molecular weight excluding hydrogens is 380 g/mol. The van der Waals surface area contributed by atoms with Gasteiger partial charge in [-0.1, -0.05) is 6.07 Å². The molecule has 0 spiro atoms. The molecule has 2 aromatic carbocycles. The lowest BCUT2D eigenvalue weighted by Gasteiger charge is -2.14. The van der Waals surface area contributed by atoms with Crippen molar-refractivity contribution in [3.63, 3.8) is 0 Å². The van der Waals surface area contributed by atoms with Gasteiger partial charge in [0.15, 0.2) is 0 Å². The minimum Gasteiger partial charge on any atom is -0.376 e. The van der Waals surface area contributed by atoms with Crippen molar-refractivity contribution in [2.24, 2.45) is 4.99 Å². The Morgan fingerprint density at radius 1 is 1.03 bits per heavy atom. The molecule has 0 saturated carbocycles. The van der Waals surface area contributed by atoms with Gasteiger partial charge in [0, 0.05) is 30.5 Å². The van der Waals surface area contributed by atoms with Crippen molar-refractivity contribution in [1.29, 1.82) is 0 Å². The van der Waals surface area contributed by atoms with E-state index < -0.39 is 0 Å². The molecule has 7 nitrogen and oxygen atoms in total. The molecule has 1 atom stereocenters. The minimum absolute atomic E-state index is 0.0786. The Kier molecular flexibility index (Phi) is 7.19. The average molecular weight is 409 g/mol. The molecular formula is C23H28N4O3. The number of hydrogen-bond donors (Lipinski definition) is 3. The number of carbonyl (C=O) groups excluding carboxylic acids is 2. The number of aryl methyl sites for hydroxylation is 2. The summed E-state index contributed by atoms with van der Waals surface area (Å²) in [4.78, 5) is 28.5. The predicted molar refractivity (Wildman–Crippen MR) is 119 cm³/mol. The molecule has 3 N–H and O–H groups in total. The van der Waals surface area contributed by atoms with Gasteiger partial charge < -0.3 is 15.4 Å². The molecule has 1 saturated heterocycles. The van der Waals surface area contributed by atoms with E-state index in [-0.39, 0.29) is 17.9 Å². The highest BCUT2D eigenvalue weighted by Gasteiger charge is 2.16. The van der Waals surface area contributed by atoms with Crippen LogP contribution >= 0.6 is 0 Å². The molecule has 1 fully saturated rings. The monoisotopic (exact) mass is 408 g/mol. The van der Waals surface area contributed by atoms with E-state index in [9.17, 15) is 9.59 Å². The summed E-state index contributed by atoms with van der Waals surface area (Å²) in [5.41, 5.74) is 4.21. The summed E-state index contributed by atoms with van der Waals surface area (Å²) < 4.78 is 5.64. The third kappa shape index (κ3) is 6.42. The van der Waals surface area contributed by atoms with Gasteiger partial charge in [-0.25, -0.2) is 4.99 Å². The summed E-state index contributed by atoms with van der Waals surface area (Å²) in [5, 5.41) is 8.78. The number of nitrogens with one attached hydrogen (secondary N) is 3. The van der Waals surface area contributed by atoms with Crippen molar-refractivity contribution in [3.8, 4) is 0 Å². The summed E-state index contributed by atoms with van der Waals surface area (Å²) in [7, 11) is 0. The van der Waals surface area contributed by atoms with Crippen molar-refractivity contribution in [2.45, 2.75) is 39.7 Å². The van der Waals surface area contributed by atoms with Crippen LogP contribution in [0.15, 0.2) is 47.5 Å². The van der Waals surface area contributed by atoms with E-state index >= 15 is 0 Å². The summed E-state index contributed by atoms with van der Waals surface area (Å²) in [6, 6.07) is 12.8. The van der Waals surface area contributed by atoms with Gasteiger partial charge in [0.25, 0.3) is 5.91 Å². The Labute approximate surface area is 176 Å². The molecule has 1 aliphatic heterocycles. The molecule has 0 bridgehead atoms. The fraction of sp³-hybridized carbons (Fsp3) is 0.348. The Morgan fingerprint density at radius 2 is 1.73 bits per heavy atom. The molecule has 0 aliphatic carbocycles. The van der Waals surface area contributed by atoms with Crippen LogP contribution in [0.1, 0.15) is 41.3 Å². The van der Waals surface area contributed by atoms with Gasteiger partial charge in [0.05, 0.1) is 12.6 Å². The highest BCUT2D eigenvalue weighted by Crippen LogP contribution is 2.15. The summed E-state index contributed by atoms with van der Waals surface area (Å²) in [5.74, 6) is -0.0628. The van der Waals surface area contributed by atoms with E-state index in [0.717, 1.165) is 36.3 Å². The van der Waals surface area contributed by atoms with Gasteiger partial charge in [0.1, 0.15) is 0 Å². The third-order valence-electron chi connectivity index (χ3n) is 4.66. The van der Waals surface area contributed by atoms with Crippen molar-refractivity contribution in [3.05, 3.63) is 59.2 Å². The first kappa shape index (κ1) is 21.5. The second kappa shape index (κ2) is 10.0. The molecule has 2 aromatic rings. The van der Waals surface area contributed by atoms with Crippen molar-refractivity contribution in [1.82, 2.24) is 5.32 Å². The minimum atomic E-state index is -0.285. The van der Waals surface area contributed by atoms with Crippen LogP contribution in [-0.4, -0.2) is 37.0 Å². The fourth-order valence-electron chi connectivity index (χ4n) is 3.36. The van der Waals surface area contributed by atoms with Gasteiger partial charge in [-0.15, -0.1) is 0 Å². The van der Waals surface area contributed by atoms with Crippen molar-refractivity contribution >= 4 is 29.1 Å². The lowest BCUT2D eigenvalue weighted by atomic mass is 10.1. The molecule has 0 unspecified atom stereocenters. The van der Waals surface area contributed by atoms with Crippen LogP contribution in [0, 0.1) is 13.8 Å². The number of rotatable bonds is 5. The molecule has 3 rings (SSSR count). The molecule has 1 heterocycles. The third-order valence-corrected chi connectivity index (χ3v) is 4.66. The lowest BCUT2D eigenvalue weighted by molar-refractivity contribution is -0.114. The van der Waals surface area contributed by atoms with Crippen LogP contribution in [0.5, 0.6) is 0 Å². The maximum atomic E-state index is 12.8. The van der Waals surface area contributed by atoms with Crippen LogP contribution in [0.2, 0.25) is 0 Å². The molecule has 0 radical (unpaired) electrons. The van der Waals surface area contributed by atoms with E-state index in [1.165, 1.54) is 6.92 Å². The van der Waals surface area contributed by atoms with E-state index in [1.54, 1.807) is 24.3 Å². The van der Waals surface area contributed by atoms with Crippen molar-refractivity contribution < 1.29 is 14.3 Å². The normalized spacial score (nSPS) is 16.2. The van der Waals surface area contributed by atoms with Gasteiger partial charge in [0.2, 0.25) is 11.9 Å². The lowest BCUT2D eigenvalue weighted by Crippen LogP contribution is -2.36. The SMILES string of the molecule is CC(=O)Nc1ccc(C(=O)NC(=NC[C@@H]2CCCO2)Nc2cc(C)cc(C)c2)cc1. The molecule has 2 amide bonds. The highest BCUT2D eigenvalue weighted by molar-refractivity contribution is 6.10. The zero-order chi connectivity index (χ0) is 21.5. The first-order valence-corrected chi connectivity index (χ1v) is 10.1. The number of anilines is 2. The van der Waals surface area contributed by atoms with Gasteiger partial charge >= 0.3 is 0 Å². The molecule has 7 heteroatoms. The largest absolute Gasteiger partial charge is 0.376 e. The maximum Gasteiger partial charge on any atom is 0.257 e. The van der Waals surface area contributed by atoms with Crippen LogP contribution in [-0.2, 0) is 9.53 Å². The zero-order valence-corrected chi connectivity index (χ0v) is 17.6. The van der Waals surface area contributed by atoms with E-state index in [0.29, 0.717) is 23.8 Å². The number of guanidine groups is 1. The Bertz CT molecular complexity index is 912. The standard InChI is InChI=1S/C23H28N4O3/c1-15-11-16(2)13-20(12-15)26-23(24-14-21-5-4-10-30-21)27-22(29)18-6-8-19(9-7-18)25-17(3)28/h6-9,11-13,21H,4-5,10,14H2,1-3H3,(H,25,28)(H2,24,26,27,29)/t21-/m0/s1. The Balaban J connectivity index is 1.74. The Hall–Kier alpha value is -3.19. The van der Waals surface area contributed by atoms with Crippen LogP contribution < -0.4 is 16.0 Å². The smallest absolute Gasteiger partial charge is 0.257 e. The number of aliphatic imine (C=N–C) groups is 1. The molecule has 1 aliphatic rings.